The summed E-state index contributed by atoms with van der Waals surface area (Å²) < 4.78 is 5.74. The van der Waals surface area contributed by atoms with Crippen LogP contribution >= 0.6 is 0 Å². The van der Waals surface area contributed by atoms with Gasteiger partial charge in [0, 0.05) is 36.1 Å². The number of aromatic nitrogens is 1. The minimum absolute atomic E-state index is 0.0456. The van der Waals surface area contributed by atoms with Crippen LogP contribution in [0.1, 0.15) is 27.2 Å². The van der Waals surface area contributed by atoms with Gasteiger partial charge in [-0.3, -0.25) is 14.6 Å². The Labute approximate surface area is 188 Å². The van der Waals surface area contributed by atoms with Gasteiger partial charge in [0.05, 0.1) is 13.2 Å². The van der Waals surface area contributed by atoms with Crippen LogP contribution in [0.25, 0.3) is 0 Å². The minimum atomic E-state index is -0.840. The van der Waals surface area contributed by atoms with Gasteiger partial charge >= 0.3 is 0 Å². The Kier molecular flexibility index (Phi) is 8.34. The molecule has 7 nitrogen and oxygen atoms in total. The van der Waals surface area contributed by atoms with Crippen molar-refractivity contribution in [2.24, 2.45) is 0 Å². The normalized spacial score (nSPS) is 11.5. The number of carbonyl (C=O) groups excluding carboxylic acids is 2. The predicted molar refractivity (Wildman–Crippen MR) is 124 cm³/mol. The quantitative estimate of drug-likeness (QED) is 0.427. The van der Waals surface area contributed by atoms with Crippen LogP contribution in [0.15, 0.2) is 72.9 Å². The number of pyridine rings is 1. The van der Waals surface area contributed by atoms with E-state index >= 15 is 0 Å². The topological polar surface area (TPSA) is 106 Å². The second-order valence-electron chi connectivity index (χ2n) is 7.46. The van der Waals surface area contributed by atoms with Crippen molar-refractivity contribution < 1.29 is 14.3 Å². The molecule has 4 N–H and O–H groups in total. The lowest BCUT2D eigenvalue weighted by Crippen LogP contribution is -2.49. The molecule has 0 unspecified atom stereocenters. The zero-order chi connectivity index (χ0) is 22.8. The molecule has 3 aromatic rings. The van der Waals surface area contributed by atoms with Gasteiger partial charge in [-0.25, -0.2) is 0 Å². The van der Waals surface area contributed by atoms with Crippen molar-refractivity contribution in [3.05, 3.63) is 95.3 Å². The number of rotatable bonds is 10. The summed E-state index contributed by atoms with van der Waals surface area (Å²) in [6.07, 6.45) is 2.31. The molecule has 2 amide bonds. The average Bonchev–Trinajstić information content (AvgIpc) is 2.81. The van der Waals surface area contributed by atoms with E-state index in [9.17, 15) is 9.59 Å². The van der Waals surface area contributed by atoms with Crippen LogP contribution in [0.3, 0.4) is 0 Å². The molecule has 0 saturated heterocycles. The SMILES string of the molecule is Cc1cc(C(=O)N[C@H](COCc2ccccc2)C(=O)NCCc2ccccn2)ccc1N. The average molecular weight is 433 g/mol. The minimum Gasteiger partial charge on any atom is -0.399 e. The summed E-state index contributed by atoms with van der Waals surface area (Å²) in [5.41, 5.74) is 9.55. The molecule has 1 aromatic heterocycles. The fourth-order valence-electron chi connectivity index (χ4n) is 3.09. The van der Waals surface area contributed by atoms with E-state index in [0.717, 1.165) is 16.8 Å². The molecule has 2 aromatic carbocycles. The summed E-state index contributed by atoms with van der Waals surface area (Å²) >= 11 is 0. The first kappa shape index (κ1) is 23.0. The second-order valence-corrected chi connectivity index (χ2v) is 7.46. The number of nitrogens with zero attached hydrogens (tertiary/aromatic N) is 1. The van der Waals surface area contributed by atoms with Gasteiger partial charge in [0.1, 0.15) is 6.04 Å². The maximum Gasteiger partial charge on any atom is 0.252 e. The molecular weight excluding hydrogens is 404 g/mol. The van der Waals surface area contributed by atoms with Gasteiger partial charge in [-0.1, -0.05) is 36.4 Å². The van der Waals surface area contributed by atoms with E-state index in [0.29, 0.717) is 30.8 Å². The first-order chi connectivity index (χ1) is 15.5. The Balaban J connectivity index is 1.61. The van der Waals surface area contributed by atoms with E-state index in [1.165, 1.54) is 0 Å². The highest BCUT2D eigenvalue weighted by molar-refractivity contribution is 5.98. The summed E-state index contributed by atoms with van der Waals surface area (Å²) in [5, 5.41) is 5.65. The Hall–Kier alpha value is -3.71. The number of amides is 2. The van der Waals surface area contributed by atoms with Gasteiger partial charge in [-0.2, -0.15) is 0 Å². The standard InChI is InChI=1S/C25H28N4O3/c1-18-15-20(10-11-22(18)26)24(30)29-23(17-32-16-19-7-3-2-4-8-19)25(31)28-14-12-21-9-5-6-13-27-21/h2-11,13,15,23H,12,14,16-17,26H2,1H3,(H,28,31)(H,29,30)/t23-/m1/s1. The van der Waals surface area contributed by atoms with E-state index in [2.05, 4.69) is 15.6 Å². The van der Waals surface area contributed by atoms with Crippen LogP contribution in [-0.2, 0) is 22.6 Å². The van der Waals surface area contributed by atoms with Crippen molar-refractivity contribution in [2.75, 3.05) is 18.9 Å². The monoisotopic (exact) mass is 432 g/mol. The van der Waals surface area contributed by atoms with Crippen LogP contribution in [-0.4, -0.2) is 36.0 Å². The van der Waals surface area contributed by atoms with Crippen molar-refractivity contribution in [1.29, 1.82) is 0 Å². The smallest absolute Gasteiger partial charge is 0.252 e. The van der Waals surface area contributed by atoms with Crippen molar-refractivity contribution in [2.45, 2.75) is 26.0 Å². The summed E-state index contributed by atoms with van der Waals surface area (Å²) in [6.45, 7) is 2.62. The molecule has 0 aliphatic carbocycles. The van der Waals surface area contributed by atoms with E-state index in [4.69, 9.17) is 10.5 Å². The molecule has 7 heteroatoms. The van der Waals surface area contributed by atoms with Crippen LogP contribution < -0.4 is 16.4 Å². The van der Waals surface area contributed by atoms with E-state index in [1.54, 1.807) is 24.4 Å². The lowest BCUT2D eigenvalue weighted by Gasteiger charge is -2.19. The Bertz CT molecular complexity index is 1030. The van der Waals surface area contributed by atoms with E-state index < -0.39 is 6.04 Å². The van der Waals surface area contributed by atoms with Crippen LogP contribution in [0, 0.1) is 6.92 Å². The number of carbonyl (C=O) groups is 2. The molecule has 1 atom stereocenters. The third-order valence-corrected chi connectivity index (χ3v) is 4.96. The van der Waals surface area contributed by atoms with E-state index in [-0.39, 0.29) is 18.4 Å². The first-order valence-corrected chi connectivity index (χ1v) is 10.5. The summed E-state index contributed by atoms with van der Waals surface area (Å²) in [6, 6.07) is 19.5. The Morgan fingerprint density at radius 2 is 1.84 bits per heavy atom. The van der Waals surface area contributed by atoms with Gasteiger partial charge in [-0.05, 0) is 48.4 Å². The third-order valence-electron chi connectivity index (χ3n) is 4.96. The number of ether oxygens (including phenoxy) is 1. The van der Waals surface area contributed by atoms with Crippen LogP contribution in [0.2, 0.25) is 0 Å². The summed E-state index contributed by atoms with van der Waals surface area (Å²) in [4.78, 5) is 29.8. The van der Waals surface area contributed by atoms with E-state index in [1.807, 2.05) is 55.5 Å². The van der Waals surface area contributed by atoms with Gasteiger partial charge in [-0.15, -0.1) is 0 Å². The fraction of sp³-hybridized carbons (Fsp3) is 0.240. The van der Waals surface area contributed by atoms with Gasteiger partial charge in [0.25, 0.3) is 5.91 Å². The number of hydrogen-bond acceptors (Lipinski definition) is 5. The third kappa shape index (κ3) is 6.92. The molecule has 0 fully saturated rings. The molecule has 0 saturated carbocycles. The highest BCUT2D eigenvalue weighted by Crippen LogP contribution is 2.13. The number of aryl methyl sites for hydroxylation is 1. The van der Waals surface area contributed by atoms with Crippen LogP contribution in [0.4, 0.5) is 5.69 Å². The van der Waals surface area contributed by atoms with Gasteiger partial charge in [0.15, 0.2) is 0 Å². The number of benzene rings is 2. The number of hydrogen-bond donors (Lipinski definition) is 3. The second kappa shape index (κ2) is 11.6. The summed E-state index contributed by atoms with van der Waals surface area (Å²) in [7, 11) is 0. The van der Waals surface area contributed by atoms with Crippen molar-refractivity contribution in [3.63, 3.8) is 0 Å². The molecule has 32 heavy (non-hydrogen) atoms. The maximum atomic E-state index is 12.8. The Morgan fingerprint density at radius 3 is 2.56 bits per heavy atom. The molecule has 3 rings (SSSR count). The molecule has 1 heterocycles. The zero-order valence-electron chi connectivity index (χ0n) is 18.1. The number of nitrogen functional groups attached to an aromatic ring is 1. The highest BCUT2D eigenvalue weighted by atomic mass is 16.5. The zero-order valence-corrected chi connectivity index (χ0v) is 18.1. The highest BCUT2D eigenvalue weighted by Gasteiger charge is 2.22. The number of nitrogens with two attached hydrogens (primary N) is 1. The fourth-order valence-corrected chi connectivity index (χ4v) is 3.09. The molecule has 0 radical (unpaired) electrons. The van der Waals surface area contributed by atoms with Gasteiger partial charge in [0.2, 0.25) is 5.91 Å². The molecule has 0 spiro atoms. The molecule has 0 bridgehead atoms. The first-order valence-electron chi connectivity index (χ1n) is 10.5. The lowest BCUT2D eigenvalue weighted by atomic mass is 10.1. The molecule has 166 valence electrons. The molecular formula is C25H28N4O3. The Morgan fingerprint density at radius 1 is 1.06 bits per heavy atom. The summed E-state index contributed by atoms with van der Waals surface area (Å²) in [5.74, 6) is -0.671. The largest absolute Gasteiger partial charge is 0.399 e. The molecule has 0 aliphatic heterocycles. The van der Waals surface area contributed by atoms with Crippen molar-refractivity contribution >= 4 is 17.5 Å². The number of anilines is 1. The van der Waals surface area contributed by atoms with Crippen molar-refractivity contribution in [1.82, 2.24) is 15.6 Å². The number of nitrogens with one attached hydrogen (secondary N) is 2. The van der Waals surface area contributed by atoms with Crippen LogP contribution in [0.5, 0.6) is 0 Å². The van der Waals surface area contributed by atoms with Crippen molar-refractivity contribution in [3.8, 4) is 0 Å². The van der Waals surface area contributed by atoms with Gasteiger partial charge < -0.3 is 21.1 Å². The maximum absolute atomic E-state index is 12.8. The lowest BCUT2D eigenvalue weighted by molar-refractivity contribution is -0.124. The molecule has 0 aliphatic rings. The predicted octanol–water partition coefficient (Wildman–Crippen LogP) is 2.65.